The molecule has 0 radical (unpaired) electrons. The Morgan fingerprint density at radius 2 is 1.89 bits per heavy atom. The van der Waals surface area contributed by atoms with Gasteiger partial charge >= 0.3 is 5.76 Å². The number of ketones is 1. The fourth-order valence-corrected chi connectivity index (χ4v) is 4.32. The molecule has 1 amide bonds. The normalized spacial score (nSPS) is 11.0. The molecule has 0 unspecified atom stereocenters. The van der Waals surface area contributed by atoms with E-state index in [-0.39, 0.29) is 18.2 Å². The maximum absolute atomic E-state index is 12.3. The molecule has 27 heavy (non-hydrogen) atoms. The number of para-hydroxylation sites is 2. The number of carbonyl (C=O) groups is 2. The molecule has 0 atom stereocenters. The maximum atomic E-state index is 12.3. The lowest BCUT2D eigenvalue weighted by Crippen LogP contribution is -2.30. The summed E-state index contributed by atoms with van der Waals surface area (Å²) < 4.78 is 6.42. The average molecular weight is 398 g/mol. The molecule has 0 spiro atoms. The highest BCUT2D eigenvalue weighted by Crippen LogP contribution is 2.22. The Morgan fingerprint density at radius 3 is 2.70 bits per heavy atom. The van der Waals surface area contributed by atoms with Gasteiger partial charge in [0.1, 0.15) is 6.54 Å². The summed E-state index contributed by atoms with van der Waals surface area (Å²) in [5, 5.41) is 4.64. The average Bonchev–Trinajstić information content (AvgIpc) is 3.41. The van der Waals surface area contributed by atoms with Crippen LogP contribution in [0.1, 0.15) is 19.4 Å². The van der Waals surface area contributed by atoms with Crippen molar-refractivity contribution in [1.29, 1.82) is 0 Å². The summed E-state index contributed by atoms with van der Waals surface area (Å²) >= 11 is 2.75. The van der Waals surface area contributed by atoms with E-state index in [0.717, 1.165) is 4.88 Å². The van der Waals surface area contributed by atoms with Crippen LogP contribution in [0.25, 0.3) is 11.1 Å². The first-order chi connectivity index (χ1) is 13.1. The van der Waals surface area contributed by atoms with Crippen molar-refractivity contribution in [3.8, 4) is 0 Å². The molecule has 136 valence electrons. The molecule has 3 heterocycles. The number of amides is 1. The van der Waals surface area contributed by atoms with Gasteiger partial charge in [0, 0.05) is 4.88 Å². The van der Waals surface area contributed by atoms with Gasteiger partial charge in [-0.25, -0.2) is 4.79 Å². The zero-order valence-electron chi connectivity index (χ0n) is 14.0. The molecule has 4 rings (SSSR count). The van der Waals surface area contributed by atoms with Crippen molar-refractivity contribution in [2.75, 3.05) is 0 Å². The Hall–Kier alpha value is -2.97. The van der Waals surface area contributed by atoms with Crippen molar-refractivity contribution in [2.24, 2.45) is 0 Å². The summed E-state index contributed by atoms with van der Waals surface area (Å²) in [4.78, 5) is 38.7. The Kier molecular flexibility index (Phi) is 4.74. The van der Waals surface area contributed by atoms with Crippen LogP contribution in [-0.4, -0.2) is 16.3 Å². The lowest BCUT2D eigenvalue weighted by atomic mass is 10.3. The minimum absolute atomic E-state index is 0.0102. The van der Waals surface area contributed by atoms with Crippen molar-refractivity contribution in [3.05, 3.63) is 79.1 Å². The van der Waals surface area contributed by atoms with Crippen LogP contribution < -0.4 is 11.1 Å². The number of rotatable bonds is 6. The monoisotopic (exact) mass is 398 g/mol. The van der Waals surface area contributed by atoms with Gasteiger partial charge in [0.05, 0.1) is 21.8 Å². The second kappa shape index (κ2) is 7.34. The molecule has 0 saturated carbocycles. The Bertz CT molecular complexity index is 1170. The number of oxazole rings is 1. The number of nitrogens with one attached hydrogen (secondary N) is 1. The van der Waals surface area contributed by atoms with Gasteiger partial charge in [-0.3, -0.25) is 14.2 Å². The number of fused-ring (bicyclic) bond motifs is 1. The number of benzene rings is 1. The minimum Gasteiger partial charge on any atom is -0.408 e. The van der Waals surface area contributed by atoms with E-state index in [1.165, 1.54) is 27.2 Å². The predicted octanol–water partition coefficient (Wildman–Crippen LogP) is 3.26. The smallest absolute Gasteiger partial charge is 0.408 e. The molecule has 0 aliphatic heterocycles. The largest absolute Gasteiger partial charge is 0.420 e. The number of thiophene rings is 2. The van der Waals surface area contributed by atoms with E-state index in [2.05, 4.69) is 5.32 Å². The Labute approximate surface area is 161 Å². The molecule has 6 nitrogen and oxygen atoms in total. The number of carbonyl (C=O) groups excluding carboxylic acids is 2. The van der Waals surface area contributed by atoms with Gasteiger partial charge < -0.3 is 9.73 Å². The van der Waals surface area contributed by atoms with E-state index in [1.54, 1.807) is 36.4 Å². The quantitative estimate of drug-likeness (QED) is 0.506. The van der Waals surface area contributed by atoms with Crippen molar-refractivity contribution in [3.63, 3.8) is 0 Å². The van der Waals surface area contributed by atoms with Gasteiger partial charge in [0.15, 0.2) is 5.58 Å². The highest BCUT2D eigenvalue weighted by Gasteiger charge is 2.14. The van der Waals surface area contributed by atoms with Crippen LogP contribution >= 0.6 is 22.7 Å². The van der Waals surface area contributed by atoms with Gasteiger partial charge in [-0.15, -0.1) is 22.7 Å². The molecular weight excluding hydrogens is 384 g/mol. The molecule has 0 fully saturated rings. The van der Waals surface area contributed by atoms with E-state index in [9.17, 15) is 14.4 Å². The van der Waals surface area contributed by atoms with Crippen LogP contribution in [0.3, 0.4) is 0 Å². The molecule has 4 aromatic rings. The third-order valence-electron chi connectivity index (χ3n) is 3.97. The molecule has 1 N–H and O–H groups in total. The van der Waals surface area contributed by atoms with Crippen LogP contribution in [0, 0.1) is 0 Å². The third-order valence-corrected chi connectivity index (χ3v) is 5.92. The zero-order chi connectivity index (χ0) is 18.8. The van der Waals surface area contributed by atoms with Crippen molar-refractivity contribution < 1.29 is 14.0 Å². The van der Waals surface area contributed by atoms with Crippen LogP contribution in [-0.2, 0) is 17.9 Å². The first-order valence-corrected chi connectivity index (χ1v) is 9.83. The van der Waals surface area contributed by atoms with Gasteiger partial charge in [-0.05, 0) is 35.7 Å². The Morgan fingerprint density at radius 1 is 1.04 bits per heavy atom. The van der Waals surface area contributed by atoms with Gasteiger partial charge in [0.2, 0.25) is 11.7 Å². The maximum Gasteiger partial charge on any atom is 0.420 e. The molecule has 8 heteroatoms. The molecule has 0 saturated heterocycles. The highest BCUT2D eigenvalue weighted by atomic mass is 32.1. The fraction of sp³-hybridized carbons (Fsp3) is 0.105. The van der Waals surface area contributed by atoms with Crippen LogP contribution in [0.15, 0.2) is 63.1 Å². The minimum atomic E-state index is -0.564. The second-order valence-corrected chi connectivity index (χ2v) is 7.89. The SMILES string of the molecule is O=C(Cn1c(=O)oc2ccccc21)NCc1ccc(C(=O)c2cccs2)s1. The lowest BCUT2D eigenvalue weighted by Gasteiger charge is -2.04. The summed E-state index contributed by atoms with van der Waals surface area (Å²) in [7, 11) is 0. The molecule has 0 aliphatic carbocycles. The summed E-state index contributed by atoms with van der Waals surface area (Å²) in [6.07, 6.45) is 0. The summed E-state index contributed by atoms with van der Waals surface area (Å²) in [6, 6.07) is 14.2. The van der Waals surface area contributed by atoms with Crippen LogP contribution in [0.2, 0.25) is 0 Å². The van der Waals surface area contributed by atoms with Crippen LogP contribution in [0.5, 0.6) is 0 Å². The first-order valence-electron chi connectivity index (χ1n) is 8.14. The van der Waals surface area contributed by atoms with E-state index in [1.807, 2.05) is 17.5 Å². The van der Waals surface area contributed by atoms with Gasteiger partial charge in [0.25, 0.3) is 0 Å². The first kappa shape index (κ1) is 17.4. The van der Waals surface area contributed by atoms with Gasteiger partial charge in [-0.1, -0.05) is 18.2 Å². The summed E-state index contributed by atoms with van der Waals surface area (Å²) in [6.45, 7) is 0.175. The second-order valence-electron chi connectivity index (χ2n) is 5.77. The van der Waals surface area contributed by atoms with Gasteiger partial charge in [-0.2, -0.15) is 0 Å². The molecule has 1 aromatic carbocycles. The number of nitrogens with zero attached hydrogens (tertiary/aromatic N) is 1. The van der Waals surface area contributed by atoms with E-state index < -0.39 is 5.76 Å². The number of hydrogen-bond acceptors (Lipinski definition) is 6. The number of aromatic nitrogens is 1. The zero-order valence-corrected chi connectivity index (χ0v) is 15.6. The van der Waals surface area contributed by atoms with Crippen molar-refractivity contribution in [1.82, 2.24) is 9.88 Å². The molecule has 3 aromatic heterocycles. The lowest BCUT2D eigenvalue weighted by molar-refractivity contribution is -0.121. The van der Waals surface area contributed by atoms with Crippen molar-refractivity contribution >= 4 is 45.5 Å². The summed E-state index contributed by atoms with van der Waals surface area (Å²) in [5.74, 6) is -0.876. The standard InChI is InChI=1S/C19H14N2O4S2/c22-17(11-21-13-4-1-2-5-14(13)25-19(21)24)20-10-12-7-8-16(27-12)18(23)15-6-3-9-26-15/h1-9H,10-11H2,(H,20,22). The highest BCUT2D eigenvalue weighted by molar-refractivity contribution is 7.16. The fourth-order valence-electron chi connectivity index (χ4n) is 2.67. The summed E-state index contributed by atoms with van der Waals surface area (Å²) in [5.41, 5.74) is 1.03. The molecule has 0 aliphatic rings. The number of hydrogen-bond donors (Lipinski definition) is 1. The Balaban J connectivity index is 1.40. The topological polar surface area (TPSA) is 81.3 Å². The predicted molar refractivity (Wildman–Crippen MR) is 104 cm³/mol. The van der Waals surface area contributed by atoms with Crippen molar-refractivity contribution in [2.45, 2.75) is 13.1 Å². The third kappa shape index (κ3) is 3.62. The van der Waals surface area contributed by atoms with E-state index in [4.69, 9.17) is 4.42 Å². The molecule has 0 bridgehead atoms. The molecular formula is C19H14N2O4S2. The van der Waals surface area contributed by atoms with E-state index in [0.29, 0.717) is 27.4 Å². The van der Waals surface area contributed by atoms with E-state index >= 15 is 0 Å². The van der Waals surface area contributed by atoms with Crippen LogP contribution in [0.4, 0.5) is 0 Å².